The number of allylic oxidation sites excluding steroid dienone is 11. The number of unbranched alkanes of at least 4 members (excludes halogenated alkanes) is 12. The predicted octanol–water partition coefficient (Wildman–Crippen LogP) is 11.6. The Morgan fingerprint density at radius 3 is 1.71 bits per heavy atom. The highest BCUT2D eigenvalue weighted by atomic mass is 16.5. The van der Waals surface area contributed by atoms with Crippen LogP contribution in [0.5, 0.6) is 0 Å². The Kier molecular flexibility index (Phi) is 36.6. The van der Waals surface area contributed by atoms with Crippen LogP contribution in [-0.2, 0) is 19.1 Å². The normalized spacial score (nSPS) is 13.4. The second-order valence-electron chi connectivity index (χ2n) is 13.7. The van der Waals surface area contributed by atoms with Crippen molar-refractivity contribution in [3.05, 3.63) is 72.9 Å². The standard InChI is InChI=1S/C45H76N2O5/c1-3-5-7-9-11-13-14-15-16-17-18-19-20-21-22-23-25-27-33-39-44(49)52-41(35-30-26-24-12-10-8-6-4-2)36-31-28-29-32-38-43(48)47-42(45(50)51)37-34-40-46/h5,7,11-13,15-16,18-19,24,30,35,41-42H,3-4,6,8-10,14,17,20-23,25-29,31-34,36-40,46H2,1-2H3,(H,47,48)(H,50,51)/b7-5-,13-11-,16-15-,19-18-,24-12-,35-30-. The van der Waals surface area contributed by atoms with Crippen molar-refractivity contribution in [3.63, 3.8) is 0 Å². The van der Waals surface area contributed by atoms with E-state index in [1.54, 1.807) is 0 Å². The molecule has 0 heterocycles. The summed E-state index contributed by atoms with van der Waals surface area (Å²) in [5.41, 5.74) is 5.48. The zero-order chi connectivity index (χ0) is 38.2. The maximum atomic E-state index is 12.7. The fraction of sp³-hybridized carbons (Fsp3) is 0.667. The second kappa shape index (κ2) is 39.0. The molecule has 4 N–H and O–H groups in total. The summed E-state index contributed by atoms with van der Waals surface area (Å²) < 4.78 is 5.89. The first-order valence-electron chi connectivity index (χ1n) is 20.8. The Morgan fingerprint density at radius 2 is 1.12 bits per heavy atom. The van der Waals surface area contributed by atoms with Crippen molar-refractivity contribution in [2.75, 3.05) is 6.54 Å². The number of carboxylic acids is 1. The molecule has 296 valence electrons. The first-order valence-corrected chi connectivity index (χ1v) is 20.8. The number of ether oxygens (including phenoxy) is 1. The van der Waals surface area contributed by atoms with Gasteiger partial charge in [-0.15, -0.1) is 0 Å². The van der Waals surface area contributed by atoms with Crippen LogP contribution < -0.4 is 11.1 Å². The molecule has 7 heteroatoms. The minimum atomic E-state index is -1.02. The maximum absolute atomic E-state index is 12.7. The van der Waals surface area contributed by atoms with Crippen LogP contribution in [0.3, 0.4) is 0 Å². The van der Waals surface area contributed by atoms with Crippen LogP contribution in [0.1, 0.15) is 174 Å². The number of carbonyl (C=O) groups is 3. The molecule has 1 amide bonds. The molecule has 7 nitrogen and oxygen atoms in total. The topological polar surface area (TPSA) is 119 Å². The zero-order valence-electron chi connectivity index (χ0n) is 33.1. The van der Waals surface area contributed by atoms with Crippen LogP contribution in [0.4, 0.5) is 0 Å². The minimum Gasteiger partial charge on any atom is -0.480 e. The predicted molar refractivity (Wildman–Crippen MR) is 220 cm³/mol. The Bertz CT molecular complexity index is 1040. The highest BCUT2D eigenvalue weighted by Crippen LogP contribution is 2.15. The summed E-state index contributed by atoms with van der Waals surface area (Å²) in [6.07, 6.45) is 49.6. The van der Waals surface area contributed by atoms with E-state index in [1.165, 1.54) is 38.5 Å². The van der Waals surface area contributed by atoms with Crippen molar-refractivity contribution >= 4 is 17.8 Å². The highest BCUT2D eigenvalue weighted by molar-refractivity contribution is 5.83. The maximum Gasteiger partial charge on any atom is 0.326 e. The van der Waals surface area contributed by atoms with Gasteiger partial charge in [0.25, 0.3) is 0 Å². The van der Waals surface area contributed by atoms with E-state index in [9.17, 15) is 19.5 Å². The molecule has 0 saturated carbocycles. The lowest BCUT2D eigenvalue weighted by Crippen LogP contribution is -2.40. The zero-order valence-corrected chi connectivity index (χ0v) is 33.1. The fourth-order valence-corrected chi connectivity index (χ4v) is 5.62. The van der Waals surface area contributed by atoms with Crippen molar-refractivity contribution < 1.29 is 24.2 Å². The summed E-state index contributed by atoms with van der Waals surface area (Å²) in [5.74, 6) is -1.38. The van der Waals surface area contributed by atoms with Gasteiger partial charge in [0.1, 0.15) is 12.1 Å². The molecule has 0 fully saturated rings. The van der Waals surface area contributed by atoms with Crippen LogP contribution in [-0.4, -0.2) is 41.6 Å². The average Bonchev–Trinajstić information content (AvgIpc) is 3.13. The molecule has 2 atom stereocenters. The molecule has 0 aliphatic carbocycles. The van der Waals surface area contributed by atoms with Crippen LogP contribution in [0.2, 0.25) is 0 Å². The fourth-order valence-electron chi connectivity index (χ4n) is 5.62. The molecule has 0 rings (SSSR count). The van der Waals surface area contributed by atoms with Gasteiger partial charge in [-0.25, -0.2) is 4.79 Å². The molecule has 52 heavy (non-hydrogen) atoms. The van der Waals surface area contributed by atoms with Gasteiger partial charge >= 0.3 is 11.9 Å². The van der Waals surface area contributed by atoms with Gasteiger partial charge in [-0.1, -0.05) is 132 Å². The largest absolute Gasteiger partial charge is 0.480 e. The Morgan fingerprint density at radius 1 is 0.596 bits per heavy atom. The molecule has 0 spiro atoms. The third-order valence-corrected chi connectivity index (χ3v) is 8.74. The lowest BCUT2D eigenvalue weighted by molar-refractivity contribution is -0.147. The molecular formula is C45H76N2O5. The van der Waals surface area contributed by atoms with Gasteiger partial charge in [0.05, 0.1) is 0 Å². The van der Waals surface area contributed by atoms with Crippen LogP contribution in [0.25, 0.3) is 0 Å². The van der Waals surface area contributed by atoms with Crippen LogP contribution in [0.15, 0.2) is 72.9 Å². The number of hydrogen-bond acceptors (Lipinski definition) is 5. The van der Waals surface area contributed by atoms with Gasteiger partial charge in [0, 0.05) is 12.8 Å². The number of hydrogen-bond donors (Lipinski definition) is 3. The summed E-state index contributed by atoms with van der Waals surface area (Å²) in [6, 6.07) is -0.878. The van der Waals surface area contributed by atoms with E-state index in [-0.39, 0.29) is 18.0 Å². The molecule has 0 aromatic rings. The van der Waals surface area contributed by atoms with Crippen molar-refractivity contribution in [3.8, 4) is 0 Å². The molecule has 0 aliphatic heterocycles. The number of carboxylic acid groups (broad SMARTS) is 1. The van der Waals surface area contributed by atoms with E-state index in [2.05, 4.69) is 86.0 Å². The number of nitrogens with two attached hydrogens (primary N) is 1. The summed E-state index contributed by atoms with van der Waals surface area (Å²) >= 11 is 0. The van der Waals surface area contributed by atoms with E-state index in [1.807, 2.05) is 6.08 Å². The van der Waals surface area contributed by atoms with Gasteiger partial charge < -0.3 is 20.9 Å². The third-order valence-electron chi connectivity index (χ3n) is 8.74. The SMILES string of the molecule is CC/C=C\C/C=C\C/C=C\C/C=C\CCCCCCCCC(=O)OC(/C=C\C/C=C\CCCCC)CCCCCCC(=O)NC(CCCN)C(=O)O. The molecule has 0 bridgehead atoms. The number of carbonyl (C=O) groups excluding carboxylic acids is 2. The average molecular weight is 725 g/mol. The van der Waals surface area contributed by atoms with E-state index in [4.69, 9.17) is 10.5 Å². The summed E-state index contributed by atoms with van der Waals surface area (Å²) in [5, 5.41) is 11.9. The monoisotopic (exact) mass is 725 g/mol. The third kappa shape index (κ3) is 35.2. The van der Waals surface area contributed by atoms with Crippen LogP contribution >= 0.6 is 0 Å². The molecular weight excluding hydrogens is 649 g/mol. The first-order chi connectivity index (χ1) is 25.4. The Labute approximate surface area is 318 Å². The molecule has 0 aromatic heterocycles. The van der Waals surface area contributed by atoms with Crippen molar-refractivity contribution in [2.24, 2.45) is 5.73 Å². The lowest BCUT2D eigenvalue weighted by atomic mass is 10.1. The molecule has 2 unspecified atom stereocenters. The van der Waals surface area contributed by atoms with E-state index in [0.29, 0.717) is 38.6 Å². The van der Waals surface area contributed by atoms with Crippen molar-refractivity contribution in [1.82, 2.24) is 5.32 Å². The number of amides is 1. The van der Waals surface area contributed by atoms with Crippen molar-refractivity contribution in [2.45, 2.75) is 187 Å². The van der Waals surface area contributed by atoms with E-state index >= 15 is 0 Å². The first kappa shape index (κ1) is 48.8. The van der Waals surface area contributed by atoms with Crippen molar-refractivity contribution in [1.29, 1.82) is 0 Å². The van der Waals surface area contributed by atoms with Gasteiger partial charge in [-0.05, 0) is 109 Å². The van der Waals surface area contributed by atoms with E-state index in [0.717, 1.165) is 89.9 Å². The number of rotatable bonds is 36. The number of nitrogens with one attached hydrogen (secondary N) is 1. The Balaban J connectivity index is 4.31. The van der Waals surface area contributed by atoms with Crippen LogP contribution in [0, 0.1) is 0 Å². The minimum absolute atomic E-state index is 0.122. The highest BCUT2D eigenvalue weighted by Gasteiger charge is 2.19. The molecule has 0 radical (unpaired) electrons. The number of esters is 1. The number of aliphatic carboxylic acids is 1. The van der Waals surface area contributed by atoms with Gasteiger partial charge in [-0.3, -0.25) is 9.59 Å². The van der Waals surface area contributed by atoms with Gasteiger partial charge in [0.15, 0.2) is 0 Å². The Hall–Kier alpha value is -3.19. The lowest BCUT2D eigenvalue weighted by Gasteiger charge is -2.15. The summed E-state index contributed by atoms with van der Waals surface area (Å²) in [7, 11) is 0. The molecule has 0 aliphatic rings. The van der Waals surface area contributed by atoms with Gasteiger partial charge in [0.2, 0.25) is 5.91 Å². The smallest absolute Gasteiger partial charge is 0.326 e. The molecule has 0 aromatic carbocycles. The second-order valence-corrected chi connectivity index (χ2v) is 13.7. The quantitative estimate of drug-likeness (QED) is 0.0336. The summed E-state index contributed by atoms with van der Waals surface area (Å²) in [6.45, 7) is 4.77. The van der Waals surface area contributed by atoms with E-state index < -0.39 is 12.0 Å². The summed E-state index contributed by atoms with van der Waals surface area (Å²) in [4.78, 5) is 36.3. The molecule has 0 saturated heterocycles. The van der Waals surface area contributed by atoms with Gasteiger partial charge in [-0.2, -0.15) is 0 Å².